The highest BCUT2D eigenvalue weighted by atomic mass is 79.9. The Labute approximate surface area is 120 Å². The van der Waals surface area contributed by atoms with Crippen LogP contribution in [0.4, 0.5) is 5.69 Å². The Morgan fingerprint density at radius 3 is 2.89 bits per heavy atom. The predicted octanol–water partition coefficient (Wildman–Crippen LogP) is 4.10. The molecule has 0 saturated carbocycles. The van der Waals surface area contributed by atoms with E-state index in [1.165, 1.54) is 5.56 Å². The van der Waals surface area contributed by atoms with Crippen LogP contribution in [-0.4, -0.2) is 6.79 Å². The third-order valence-electron chi connectivity index (χ3n) is 3.11. The molecule has 0 aromatic heterocycles. The lowest BCUT2D eigenvalue weighted by molar-refractivity contribution is 0.174. The number of rotatable bonds is 3. The molecule has 0 bridgehead atoms. The Bertz CT molecular complexity index is 613. The van der Waals surface area contributed by atoms with Crippen LogP contribution in [0.1, 0.15) is 11.1 Å². The van der Waals surface area contributed by atoms with Crippen molar-refractivity contribution in [1.82, 2.24) is 0 Å². The van der Waals surface area contributed by atoms with Gasteiger partial charge in [-0.3, -0.25) is 0 Å². The van der Waals surface area contributed by atoms with Crippen LogP contribution in [0.5, 0.6) is 11.5 Å². The molecular formula is C15H14BrNO2. The van der Waals surface area contributed by atoms with E-state index in [-0.39, 0.29) is 0 Å². The van der Waals surface area contributed by atoms with Crippen molar-refractivity contribution in [1.29, 1.82) is 0 Å². The molecule has 0 atom stereocenters. The summed E-state index contributed by atoms with van der Waals surface area (Å²) in [4.78, 5) is 0. The highest BCUT2D eigenvalue weighted by molar-refractivity contribution is 9.10. The molecule has 2 aromatic rings. The molecule has 3 rings (SSSR count). The summed E-state index contributed by atoms with van der Waals surface area (Å²) in [5, 5.41) is 3.42. The first-order valence-corrected chi connectivity index (χ1v) is 6.91. The van der Waals surface area contributed by atoms with Crippen LogP contribution in [0, 0.1) is 6.92 Å². The van der Waals surface area contributed by atoms with Gasteiger partial charge in [-0.15, -0.1) is 0 Å². The fourth-order valence-electron chi connectivity index (χ4n) is 2.03. The Hall–Kier alpha value is -1.68. The van der Waals surface area contributed by atoms with Gasteiger partial charge in [0.25, 0.3) is 0 Å². The lowest BCUT2D eigenvalue weighted by atomic mass is 10.2. The number of benzene rings is 2. The summed E-state index contributed by atoms with van der Waals surface area (Å²) in [5.41, 5.74) is 3.48. The summed E-state index contributed by atoms with van der Waals surface area (Å²) in [6.07, 6.45) is 0. The maximum atomic E-state index is 5.37. The molecule has 19 heavy (non-hydrogen) atoms. The quantitative estimate of drug-likeness (QED) is 0.924. The fraction of sp³-hybridized carbons (Fsp3) is 0.200. The highest BCUT2D eigenvalue weighted by Crippen LogP contribution is 2.33. The van der Waals surface area contributed by atoms with Gasteiger partial charge in [0.05, 0.1) is 0 Å². The summed E-state index contributed by atoms with van der Waals surface area (Å²) >= 11 is 3.60. The molecule has 0 saturated heterocycles. The Balaban J connectivity index is 1.74. The second kappa shape index (κ2) is 5.13. The second-order valence-corrected chi connectivity index (χ2v) is 5.27. The molecule has 3 nitrogen and oxygen atoms in total. The molecule has 0 radical (unpaired) electrons. The molecule has 1 aliphatic rings. The number of hydrogen-bond donors (Lipinski definition) is 1. The van der Waals surface area contributed by atoms with Gasteiger partial charge in [-0.1, -0.05) is 18.2 Å². The van der Waals surface area contributed by atoms with E-state index in [1.54, 1.807) is 0 Å². The van der Waals surface area contributed by atoms with Crippen molar-refractivity contribution in [2.75, 3.05) is 12.1 Å². The Morgan fingerprint density at radius 1 is 1.16 bits per heavy atom. The predicted molar refractivity (Wildman–Crippen MR) is 78.8 cm³/mol. The van der Waals surface area contributed by atoms with Crippen molar-refractivity contribution in [2.45, 2.75) is 13.5 Å². The largest absolute Gasteiger partial charge is 0.454 e. The summed E-state index contributed by atoms with van der Waals surface area (Å²) in [7, 11) is 0. The van der Waals surface area contributed by atoms with Gasteiger partial charge in [0, 0.05) is 16.7 Å². The van der Waals surface area contributed by atoms with Crippen LogP contribution in [0.25, 0.3) is 0 Å². The first-order valence-electron chi connectivity index (χ1n) is 6.11. The van der Waals surface area contributed by atoms with Gasteiger partial charge in [0.15, 0.2) is 11.5 Å². The molecule has 98 valence electrons. The fourth-order valence-corrected chi connectivity index (χ4v) is 2.44. The molecule has 0 aliphatic carbocycles. The van der Waals surface area contributed by atoms with Crippen LogP contribution in [0.2, 0.25) is 0 Å². The van der Waals surface area contributed by atoms with Gasteiger partial charge in [0.2, 0.25) is 6.79 Å². The third kappa shape index (κ3) is 2.54. The van der Waals surface area contributed by atoms with E-state index in [2.05, 4.69) is 40.3 Å². The van der Waals surface area contributed by atoms with Crippen molar-refractivity contribution in [2.24, 2.45) is 0 Å². The summed E-state index contributed by atoms with van der Waals surface area (Å²) in [6, 6.07) is 12.2. The van der Waals surface area contributed by atoms with E-state index in [4.69, 9.17) is 9.47 Å². The van der Waals surface area contributed by atoms with E-state index in [0.29, 0.717) is 6.79 Å². The highest BCUT2D eigenvalue weighted by Gasteiger charge is 2.13. The zero-order valence-corrected chi connectivity index (χ0v) is 12.2. The maximum Gasteiger partial charge on any atom is 0.231 e. The van der Waals surface area contributed by atoms with Gasteiger partial charge in [-0.2, -0.15) is 0 Å². The molecule has 1 aliphatic heterocycles. The normalized spacial score (nSPS) is 12.5. The number of fused-ring (bicyclic) bond motifs is 1. The van der Waals surface area contributed by atoms with Gasteiger partial charge in [-0.25, -0.2) is 0 Å². The monoisotopic (exact) mass is 319 g/mol. The van der Waals surface area contributed by atoms with Crippen LogP contribution < -0.4 is 14.8 Å². The third-order valence-corrected chi connectivity index (χ3v) is 4.16. The van der Waals surface area contributed by atoms with Crippen molar-refractivity contribution >= 4 is 21.6 Å². The van der Waals surface area contributed by atoms with E-state index in [0.717, 1.165) is 33.8 Å². The summed E-state index contributed by atoms with van der Waals surface area (Å²) in [5.74, 6) is 1.64. The molecule has 0 amide bonds. The van der Waals surface area contributed by atoms with Gasteiger partial charge in [-0.05, 0) is 52.2 Å². The van der Waals surface area contributed by atoms with E-state index in [1.807, 2.05) is 24.3 Å². The molecule has 1 N–H and O–H groups in total. The minimum absolute atomic E-state index is 0.315. The van der Waals surface area contributed by atoms with Gasteiger partial charge >= 0.3 is 0 Å². The van der Waals surface area contributed by atoms with Crippen molar-refractivity contribution in [3.8, 4) is 11.5 Å². The molecule has 0 unspecified atom stereocenters. The van der Waals surface area contributed by atoms with Gasteiger partial charge < -0.3 is 14.8 Å². The lowest BCUT2D eigenvalue weighted by Gasteiger charge is -2.10. The molecule has 1 heterocycles. The summed E-state index contributed by atoms with van der Waals surface area (Å²) in [6.45, 7) is 3.14. The molecular weight excluding hydrogens is 306 g/mol. The van der Waals surface area contributed by atoms with Crippen LogP contribution in [-0.2, 0) is 6.54 Å². The number of anilines is 1. The maximum absolute atomic E-state index is 5.37. The number of hydrogen-bond acceptors (Lipinski definition) is 3. The molecule has 4 heteroatoms. The van der Waals surface area contributed by atoms with Crippen molar-refractivity contribution in [3.05, 3.63) is 52.0 Å². The molecule has 0 fully saturated rings. The molecule has 0 spiro atoms. The second-order valence-electron chi connectivity index (χ2n) is 4.48. The number of ether oxygens (including phenoxy) is 2. The SMILES string of the molecule is Cc1cccc(NCc2ccc3c(c2)OCO3)c1Br. The Morgan fingerprint density at radius 2 is 2.00 bits per heavy atom. The smallest absolute Gasteiger partial charge is 0.231 e. The molecule has 2 aromatic carbocycles. The lowest BCUT2D eigenvalue weighted by Crippen LogP contribution is -2.00. The zero-order chi connectivity index (χ0) is 13.2. The first-order chi connectivity index (χ1) is 9.24. The topological polar surface area (TPSA) is 30.5 Å². The van der Waals surface area contributed by atoms with E-state index >= 15 is 0 Å². The number of aryl methyl sites for hydroxylation is 1. The van der Waals surface area contributed by atoms with E-state index in [9.17, 15) is 0 Å². The van der Waals surface area contributed by atoms with Crippen LogP contribution in [0.3, 0.4) is 0 Å². The minimum atomic E-state index is 0.315. The standard InChI is InChI=1S/C15H14BrNO2/c1-10-3-2-4-12(15(10)16)17-8-11-5-6-13-14(7-11)19-9-18-13/h2-7,17H,8-9H2,1H3. The van der Waals surface area contributed by atoms with Crippen LogP contribution in [0.15, 0.2) is 40.9 Å². The summed E-state index contributed by atoms with van der Waals surface area (Å²) < 4.78 is 11.8. The number of halogens is 1. The number of nitrogens with one attached hydrogen (secondary N) is 1. The first kappa shape index (κ1) is 12.4. The van der Waals surface area contributed by atoms with Crippen LogP contribution >= 0.6 is 15.9 Å². The van der Waals surface area contributed by atoms with Crippen molar-refractivity contribution < 1.29 is 9.47 Å². The minimum Gasteiger partial charge on any atom is -0.454 e. The van der Waals surface area contributed by atoms with E-state index < -0.39 is 0 Å². The average molecular weight is 320 g/mol. The Kier molecular flexibility index (Phi) is 3.34. The average Bonchev–Trinajstić information content (AvgIpc) is 2.88. The van der Waals surface area contributed by atoms with Gasteiger partial charge in [0.1, 0.15) is 0 Å². The van der Waals surface area contributed by atoms with Crippen molar-refractivity contribution in [3.63, 3.8) is 0 Å². The zero-order valence-electron chi connectivity index (χ0n) is 10.6.